The van der Waals surface area contributed by atoms with Crippen molar-refractivity contribution < 1.29 is 0 Å². The van der Waals surface area contributed by atoms with E-state index in [0.29, 0.717) is 12.0 Å². The Morgan fingerprint density at radius 3 is 1.43 bits per heavy atom. The van der Waals surface area contributed by atoms with E-state index >= 15 is 0 Å². The second kappa shape index (κ2) is 11.3. The van der Waals surface area contributed by atoms with E-state index in [-0.39, 0.29) is 0 Å². The van der Waals surface area contributed by atoms with Crippen LogP contribution in [0.15, 0.2) is 145 Å². The fourth-order valence-electron chi connectivity index (χ4n) is 4.78. The van der Waals surface area contributed by atoms with E-state index in [4.69, 9.17) is 0 Å². The van der Waals surface area contributed by atoms with Crippen LogP contribution in [0.5, 0.6) is 0 Å². The normalized spacial score (nSPS) is 16.1. The Morgan fingerprint density at radius 2 is 1.00 bits per heavy atom. The zero-order chi connectivity index (χ0) is 24.0. The monoisotopic (exact) mass is 491 g/mol. The maximum Gasteiger partial charge on any atom is 0.0281 e. The van der Waals surface area contributed by atoms with Gasteiger partial charge in [0.15, 0.2) is 0 Å². The highest BCUT2D eigenvalue weighted by atomic mass is 31.1. The summed E-state index contributed by atoms with van der Waals surface area (Å²) < 4.78 is 2.62. The number of nitrogens with zero attached hydrogens (tertiary/aromatic N) is 1. The van der Waals surface area contributed by atoms with Gasteiger partial charge in [0, 0.05) is 20.0 Å². The van der Waals surface area contributed by atoms with Crippen molar-refractivity contribution in [2.45, 2.75) is 13.0 Å². The Kier molecular flexibility index (Phi) is 7.70. The lowest BCUT2D eigenvalue weighted by molar-refractivity contribution is 0.381. The molecule has 4 aromatic rings. The molecule has 1 aliphatic rings. The van der Waals surface area contributed by atoms with E-state index in [1.165, 1.54) is 26.5 Å². The molecule has 0 unspecified atom stereocenters. The highest BCUT2D eigenvalue weighted by Crippen LogP contribution is 2.52. The third-order valence-electron chi connectivity index (χ3n) is 6.64. The summed E-state index contributed by atoms with van der Waals surface area (Å²) in [7, 11) is 1.08. The van der Waals surface area contributed by atoms with Crippen LogP contribution in [0.3, 0.4) is 0 Å². The van der Waals surface area contributed by atoms with Gasteiger partial charge in [-0.25, -0.2) is 0 Å². The second-order valence-electron chi connectivity index (χ2n) is 8.81. The number of rotatable bonds is 8. The highest BCUT2D eigenvalue weighted by Gasteiger charge is 2.34. The zero-order valence-electron chi connectivity index (χ0n) is 20.3. The van der Waals surface area contributed by atoms with Crippen LogP contribution >= 0.6 is 16.0 Å². The maximum atomic E-state index is 2.62. The lowest BCUT2D eigenvalue weighted by Crippen LogP contribution is -2.37. The molecule has 0 fully saturated rings. The molecule has 0 bridgehead atoms. The average molecular weight is 492 g/mol. The van der Waals surface area contributed by atoms with E-state index in [9.17, 15) is 0 Å². The molecular formula is C32H31NP2. The lowest BCUT2D eigenvalue weighted by atomic mass is 10.0. The molecule has 5 rings (SSSR count). The van der Waals surface area contributed by atoms with Crippen molar-refractivity contribution >= 4 is 37.2 Å². The summed E-state index contributed by atoms with van der Waals surface area (Å²) >= 11 is 0. The van der Waals surface area contributed by atoms with Gasteiger partial charge in [0.25, 0.3) is 0 Å². The summed E-state index contributed by atoms with van der Waals surface area (Å²) in [6.45, 7) is 2.40. The number of allylic oxidation sites excluding steroid dienone is 2. The van der Waals surface area contributed by atoms with Crippen LogP contribution in [-0.2, 0) is 0 Å². The van der Waals surface area contributed by atoms with E-state index < -0.39 is 16.0 Å². The van der Waals surface area contributed by atoms with Gasteiger partial charge in [-0.15, -0.1) is 0 Å². The molecule has 1 nitrogen and oxygen atoms in total. The van der Waals surface area contributed by atoms with Gasteiger partial charge >= 0.3 is 0 Å². The molecule has 174 valence electrons. The Bertz CT molecular complexity index is 1190. The fourth-order valence-corrected chi connectivity index (χ4v) is 9.90. The van der Waals surface area contributed by atoms with Gasteiger partial charge in [-0.05, 0) is 48.4 Å². The number of hydrogen-bond donors (Lipinski definition) is 0. The van der Waals surface area contributed by atoms with Crippen molar-refractivity contribution in [2.24, 2.45) is 5.92 Å². The van der Waals surface area contributed by atoms with Crippen molar-refractivity contribution in [1.82, 2.24) is 4.67 Å². The minimum absolute atomic E-state index is 0.351. The van der Waals surface area contributed by atoms with E-state index in [0.717, 1.165) is 0 Å². The van der Waals surface area contributed by atoms with E-state index in [2.05, 4.69) is 158 Å². The number of benzene rings is 4. The van der Waals surface area contributed by atoms with Crippen molar-refractivity contribution in [1.29, 1.82) is 0 Å². The summed E-state index contributed by atoms with van der Waals surface area (Å²) in [6.07, 6.45) is 7.08. The predicted molar refractivity (Wildman–Crippen MR) is 156 cm³/mol. The first kappa shape index (κ1) is 23.9. The van der Waals surface area contributed by atoms with Gasteiger partial charge in [0.1, 0.15) is 0 Å². The zero-order valence-corrected chi connectivity index (χ0v) is 22.1. The Hall–Kier alpha value is -2.82. The third kappa shape index (κ3) is 5.24. The molecule has 0 spiro atoms. The summed E-state index contributed by atoms with van der Waals surface area (Å²) in [5.41, 5.74) is 0. The largest absolute Gasteiger partial charge is 0.274 e. The molecule has 3 heteroatoms. The van der Waals surface area contributed by atoms with Gasteiger partial charge in [-0.3, -0.25) is 4.67 Å². The van der Waals surface area contributed by atoms with Crippen LogP contribution in [0.25, 0.3) is 0 Å². The molecule has 35 heavy (non-hydrogen) atoms. The summed E-state index contributed by atoms with van der Waals surface area (Å²) in [5, 5.41) is 7.15. The maximum absolute atomic E-state index is 2.62. The first-order valence-corrected chi connectivity index (χ1v) is 14.8. The molecule has 4 aromatic carbocycles. The van der Waals surface area contributed by atoms with Crippen molar-refractivity contribution in [3.63, 3.8) is 0 Å². The first-order valence-electron chi connectivity index (χ1n) is 12.2. The second-order valence-corrected chi connectivity index (χ2v) is 13.3. The van der Waals surface area contributed by atoms with Crippen LogP contribution in [0.4, 0.5) is 0 Å². The molecule has 0 amide bonds. The molecule has 0 aliphatic heterocycles. The summed E-state index contributed by atoms with van der Waals surface area (Å²) in [6, 6.07) is 44.5. The fraction of sp³-hybridized carbons (Fsp3) is 0.125. The molecule has 1 aliphatic carbocycles. The SMILES string of the molecule is C[C@@H]([C@H]1C=CC=C1P(c1ccccc1)c1ccccc1)N(C)P(c1ccccc1)c1ccccc1. The van der Waals surface area contributed by atoms with Crippen molar-refractivity contribution in [2.75, 3.05) is 7.05 Å². The third-order valence-corrected chi connectivity index (χ3v) is 11.8. The van der Waals surface area contributed by atoms with Crippen LogP contribution < -0.4 is 21.2 Å². The average Bonchev–Trinajstić information content (AvgIpc) is 3.40. The standard InChI is InChI=1S/C32H31NP2/c1-26(33(2)35(29-20-11-5-12-21-29)30-22-13-6-14-23-30)31-24-15-25-32(31)34(27-16-7-3-8-17-27)28-18-9-4-10-19-28/h3-26,31H,1-2H3/t26-,31+/m0/s1. The summed E-state index contributed by atoms with van der Waals surface area (Å²) in [5.74, 6) is 0.365. The Labute approximate surface area is 212 Å². The molecular weight excluding hydrogens is 460 g/mol. The highest BCUT2D eigenvalue weighted by molar-refractivity contribution is 7.76. The van der Waals surface area contributed by atoms with Crippen LogP contribution in [-0.4, -0.2) is 17.8 Å². The molecule has 0 radical (unpaired) electrons. The van der Waals surface area contributed by atoms with E-state index in [1.54, 1.807) is 0 Å². The molecule has 0 saturated carbocycles. The lowest BCUT2D eigenvalue weighted by Gasteiger charge is -2.38. The summed E-state index contributed by atoms with van der Waals surface area (Å²) in [4.78, 5) is 0. The van der Waals surface area contributed by atoms with Gasteiger partial charge < -0.3 is 0 Å². The van der Waals surface area contributed by atoms with E-state index in [1.807, 2.05) is 0 Å². The van der Waals surface area contributed by atoms with Gasteiger partial charge in [-0.2, -0.15) is 0 Å². The van der Waals surface area contributed by atoms with Gasteiger partial charge in [0.2, 0.25) is 0 Å². The molecule has 0 N–H and O–H groups in total. The molecule has 0 saturated heterocycles. The molecule has 0 aromatic heterocycles. The smallest absolute Gasteiger partial charge is 0.0281 e. The van der Waals surface area contributed by atoms with Crippen LogP contribution in [0.1, 0.15) is 6.92 Å². The predicted octanol–water partition coefficient (Wildman–Crippen LogP) is 6.56. The molecule has 0 heterocycles. The minimum atomic E-state index is -0.635. The number of hydrogen-bond acceptors (Lipinski definition) is 1. The van der Waals surface area contributed by atoms with Crippen LogP contribution in [0, 0.1) is 5.92 Å². The first-order chi connectivity index (χ1) is 17.2. The van der Waals surface area contributed by atoms with Crippen molar-refractivity contribution in [3.8, 4) is 0 Å². The Balaban J connectivity index is 1.51. The Morgan fingerprint density at radius 1 is 0.600 bits per heavy atom. The quantitative estimate of drug-likeness (QED) is 0.253. The van der Waals surface area contributed by atoms with Gasteiger partial charge in [0.05, 0.1) is 0 Å². The topological polar surface area (TPSA) is 3.24 Å². The molecule has 2 atom stereocenters. The van der Waals surface area contributed by atoms with Crippen LogP contribution in [0.2, 0.25) is 0 Å². The van der Waals surface area contributed by atoms with Crippen molar-refractivity contribution in [3.05, 3.63) is 145 Å². The minimum Gasteiger partial charge on any atom is -0.274 e. The van der Waals surface area contributed by atoms with Gasteiger partial charge in [-0.1, -0.05) is 140 Å².